The molecule has 2 saturated heterocycles. The Bertz CT molecular complexity index is 1280. The average molecular weight is 518 g/mol. The number of amides is 1. The molecule has 4 heterocycles. The van der Waals surface area contributed by atoms with Crippen LogP contribution in [-0.4, -0.2) is 69.2 Å². The van der Waals surface area contributed by atoms with E-state index in [1.807, 2.05) is 23.1 Å². The summed E-state index contributed by atoms with van der Waals surface area (Å²) in [6, 6.07) is 10.3. The highest BCUT2D eigenvalue weighted by molar-refractivity contribution is 5.73. The van der Waals surface area contributed by atoms with Crippen LogP contribution in [0.2, 0.25) is 0 Å². The van der Waals surface area contributed by atoms with Crippen LogP contribution < -0.4 is 0 Å². The topological polar surface area (TPSA) is 95.6 Å². The van der Waals surface area contributed by atoms with Gasteiger partial charge in [-0.25, -0.2) is 0 Å². The van der Waals surface area contributed by atoms with Crippen molar-refractivity contribution in [3.8, 4) is 11.4 Å². The van der Waals surface area contributed by atoms with Crippen LogP contribution in [0.4, 0.5) is 0 Å². The van der Waals surface area contributed by atoms with E-state index in [-0.39, 0.29) is 11.3 Å². The van der Waals surface area contributed by atoms with Crippen molar-refractivity contribution in [2.24, 2.45) is 11.3 Å². The second-order valence-electron chi connectivity index (χ2n) is 11.9. The number of pyridine rings is 1. The monoisotopic (exact) mass is 517 g/mol. The third-order valence-corrected chi connectivity index (χ3v) is 8.42. The summed E-state index contributed by atoms with van der Waals surface area (Å²) in [5, 5.41) is 16.7. The number of rotatable bonds is 7. The smallest absolute Gasteiger partial charge is 0.227 e. The molecule has 2 aromatic heterocycles. The van der Waals surface area contributed by atoms with E-state index in [0.717, 1.165) is 50.1 Å². The molecule has 1 amide bonds. The molecule has 38 heavy (non-hydrogen) atoms. The van der Waals surface area contributed by atoms with Gasteiger partial charge < -0.3 is 19.4 Å². The summed E-state index contributed by atoms with van der Waals surface area (Å²) in [7, 11) is 2.07. The van der Waals surface area contributed by atoms with Gasteiger partial charge in [0.2, 0.25) is 17.6 Å². The minimum absolute atomic E-state index is 0.112. The number of carbonyl (C=O) groups excluding carboxylic acids is 1. The highest BCUT2D eigenvalue weighted by Gasteiger charge is 2.55. The first-order valence-electron chi connectivity index (χ1n) is 13.6. The maximum absolute atomic E-state index is 12.5. The van der Waals surface area contributed by atoms with Gasteiger partial charge in [-0.1, -0.05) is 50.2 Å². The van der Waals surface area contributed by atoms with Crippen LogP contribution in [-0.2, 0) is 16.8 Å². The van der Waals surface area contributed by atoms with Crippen molar-refractivity contribution < 1.29 is 14.4 Å². The van der Waals surface area contributed by atoms with Gasteiger partial charge in [0.25, 0.3) is 0 Å². The van der Waals surface area contributed by atoms with Crippen molar-refractivity contribution in [3.05, 3.63) is 65.3 Å². The Labute approximate surface area is 225 Å². The Balaban J connectivity index is 1.43. The summed E-state index contributed by atoms with van der Waals surface area (Å²) in [5.74, 6) is 1.86. The van der Waals surface area contributed by atoms with Crippen molar-refractivity contribution in [3.63, 3.8) is 0 Å². The van der Waals surface area contributed by atoms with Gasteiger partial charge in [-0.15, -0.1) is 0 Å². The number of aliphatic hydroxyl groups is 1. The largest absolute Gasteiger partial charge is 0.380 e. The van der Waals surface area contributed by atoms with E-state index in [4.69, 9.17) is 4.52 Å². The number of hydrogen-bond acceptors (Lipinski definition) is 7. The molecule has 1 N–H and O–H groups in total. The lowest BCUT2D eigenvalue weighted by Crippen LogP contribution is -2.63. The second kappa shape index (κ2) is 10.2. The van der Waals surface area contributed by atoms with Crippen LogP contribution in [0.25, 0.3) is 11.4 Å². The van der Waals surface area contributed by atoms with Gasteiger partial charge in [0.1, 0.15) is 5.60 Å². The molecule has 8 nitrogen and oxygen atoms in total. The zero-order chi connectivity index (χ0) is 27.1. The van der Waals surface area contributed by atoms with Crippen LogP contribution in [0.15, 0.2) is 47.2 Å². The van der Waals surface area contributed by atoms with Crippen molar-refractivity contribution in [1.29, 1.82) is 0 Å². The highest BCUT2D eigenvalue weighted by atomic mass is 16.5. The van der Waals surface area contributed by atoms with E-state index < -0.39 is 5.60 Å². The predicted octanol–water partition coefficient (Wildman–Crippen LogP) is 4.24. The van der Waals surface area contributed by atoms with E-state index in [2.05, 4.69) is 60.0 Å². The number of aromatic nitrogens is 3. The number of hydrogen-bond donors (Lipinski definition) is 1. The van der Waals surface area contributed by atoms with E-state index >= 15 is 0 Å². The van der Waals surface area contributed by atoms with Gasteiger partial charge in [-0.3, -0.25) is 9.78 Å². The van der Waals surface area contributed by atoms with E-state index in [0.29, 0.717) is 35.5 Å². The van der Waals surface area contributed by atoms with Gasteiger partial charge in [-0.05, 0) is 48.9 Å². The lowest BCUT2D eigenvalue weighted by Gasteiger charge is -2.55. The third kappa shape index (κ3) is 4.87. The molecule has 3 aromatic rings. The first kappa shape index (κ1) is 26.5. The molecule has 5 rings (SSSR count). The fourth-order valence-corrected chi connectivity index (χ4v) is 6.33. The number of carbonyl (C=O) groups is 1. The van der Waals surface area contributed by atoms with Crippen LogP contribution >= 0.6 is 0 Å². The minimum atomic E-state index is -1.23. The standard InChI is InChI=1S/C30H39N5O3/c1-20(2)23-8-10-25(11-9-23)30(37,29(4)18-34(5)19-29)26-14-24(15-31-16-26)28-32-27(38-33-28)13-22-7-6-12-35(17-22)21(3)36/h8-11,14-16,20,22,37H,6-7,12-13,17-19H2,1-5H3/t22?,30-/m0/s1. The lowest BCUT2D eigenvalue weighted by atomic mass is 9.62. The van der Waals surface area contributed by atoms with Crippen LogP contribution in [0.1, 0.15) is 69.0 Å². The summed E-state index contributed by atoms with van der Waals surface area (Å²) in [6.07, 6.45) is 6.13. The predicted molar refractivity (Wildman–Crippen MR) is 145 cm³/mol. The molecule has 0 radical (unpaired) electrons. The number of benzene rings is 1. The Hall–Kier alpha value is -3.10. The Morgan fingerprint density at radius 2 is 1.95 bits per heavy atom. The lowest BCUT2D eigenvalue weighted by molar-refractivity contribution is -0.130. The molecular weight excluding hydrogens is 478 g/mol. The molecule has 1 aromatic carbocycles. The Kier molecular flexibility index (Phi) is 7.13. The molecule has 2 atom stereocenters. The molecule has 1 unspecified atom stereocenters. The maximum Gasteiger partial charge on any atom is 0.227 e. The summed E-state index contributed by atoms with van der Waals surface area (Å²) in [4.78, 5) is 25.1. The second-order valence-corrected chi connectivity index (χ2v) is 11.9. The van der Waals surface area contributed by atoms with Crippen LogP contribution in [0, 0.1) is 11.3 Å². The Morgan fingerprint density at radius 3 is 2.61 bits per heavy atom. The summed E-state index contributed by atoms with van der Waals surface area (Å²) < 4.78 is 5.62. The molecule has 0 spiro atoms. The van der Waals surface area contributed by atoms with Gasteiger partial charge in [-0.2, -0.15) is 4.98 Å². The molecule has 0 bridgehead atoms. The fourth-order valence-electron chi connectivity index (χ4n) is 6.33. The summed E-state index contributed by atoms with van der Waals surface area (Å²) >= 11 is 0. The molecular formula is C30H39N5O3. The van der Waals surface area contributed by atoms with E-state index in [1.54, 1.807) is 19.3 Å². The van der Waals surface area contributed by atoms with Crippen molar-refractivity contribution in [2.75, 3.05) is 33.2 Å². The normalized spacial score (nSPS) is 21.2. The highest BCUT2D eigenvalue weighted by Crippen LogP contribution is 2.50. The van der Waals surface area contributed by atoms with Crippen LogP contribution in [0.3, 0.4) is 0 Å². The maximum atomic E-state index is 12.5. The first-order valence-corrected chi connectivity index (χ1v) is 13.6. The molecule has 0 aliphatic carbocycles. The Morgan fingerprint density at radius 1 is 1.21 bits per heavy atom. The quantitative estimate of drug-likeness (QED) is 0.501. The third-order valence-electron chi connectivity index (χ3n) is 8.42. The van der Waals surface area contributed by atoms with Gasteiger partial charge >= 0.3 is 0 Å². The van der Waals surface area contributed by atoms with Gasteiger partial charge in [0.05, 0.1) is 0 Å². The van der Waals surface area contributed by atoms with E-state index in [1.165, 1.54) is 5.56 Å². The molecule has 202 valence electrons. The molecule has 2 fully saturated rings. The van der Waals surface area contributed by atoms with E-state index in [9.17, 15) is 9.90 Å². The van der Waals surface area contributed by atoms with Crippen molar-refractivity contribution >= 4 is 5.91 Å². The molecule has 2 aliphatic heterocycles. The van der Waals surface area contributed by atoms with Crippen molar-refractivity contribution in [2.45, 2.75) is 58.5 Å². The van der Waals surface area contributed by atoms with Crippen LogP contribution in [0.5, 0.6) is 0 Å². The first-order chi connectivity index (χ1) is 18.1. The zero-order valence-corrected chi connectivity index (χ0v) is 23.1. The summed E-state index contributed by atoms with van der Waals surface area (Å²) in [5.41, 5.74) is 1.91. The van der Waals surface area contributed by atoms with Crippen molar-refractivity contribution in [1.82, 2.24) is 24.9 Å². The van der Waals surface area contributed by atoms with Gasteiger partial charge in [0.15, 0.2) is 0 Å². The number of piperidine rings is 1. The van der Waals surface area contributed by atoms with Gasteiger partial charge in [0, 0.05) is 68.5 Å². The fraction of sp³-hybridized carbons (Fsp3) is 0.533. The minimum Gasteiger partial charge on any atom is -0.380 e. The average Bonchev–Trinajstić information content (AvgIpc) is 3.36. The SMILES string of the molecule is CC(=O)N1CCCC(Cc2nc(-c3cncc([C@@](O)(c4ccc(C(C)C)cc4)C4(C)CN(C)C4)c3)no2)C1. The molecule has 2 aliphatic rings. The number of likely N-dealkylation sites (tertiary alicyclic amines) is 2. The number of nitrogens with zero attached hydrogens (tertiary/aromatic N) is 5. The summed E-state index contributed by atoms with van der Waals surface area (Å²) in [6.45, 7) is 11.2. The molecule has 8 heteroatoms. The molecule has 0 saturated carbocycles. The zero-order valence-electron chi connectivity index (χ0n) is 23.1.